The van der Waals surface area contributed by atoms with Crippen LogP contribution in [0.3, 0.4) is 0 Å². The van der Waals surface area contributed by atoms with Gasteiger partial charge in [0.1, 0.15) is 0 Å². The second-order valence-corrected chi connectivity index (χ2v) is 5.26. The van der Waals surface area contributed by atoms with Gasteiger partial charge in [0.15, 0.2) is 8.38 Å². The average Bonchev–Trinajstić information content (AvgIpc) is 2.24. The predicted octanol–water partition coefficient (Wildman–Crippen LogP) is -0.0848. The summed E-state index contributed by atoms with van der Waals surface area (Å²) in [6.45, 7) is 4.49. The Balaban J connectivity index is 3.88. The largest absolute Gasteiger partial charge is 0.425 e. The Hall–Kier alpha value is -0.950. The molecule has 0 aliphatic rings. The molecule has 9 heteroatoms. The van der Waals surface area contributed by atoms with Crippen molar-refractivity contribution in [3.8, 4) is 0 Å². The number of carbonyl (C=O) groups excluding carboxylic acids is 2. The topological polar surface area (TPSA) is 125 Å². The van der Waals surface area contributed by atoms with Crippen molar-refractivity contribution in [2.45, 2.75) is 33.2 Å². The van der Waals surface area contributed by atoms with Gasteiger partial charge < -0.3 is 29.7 Å². The van der Waals surface area contributed by atoms with E-state index in [0.717, 1.165) is 0 Å². The van der Waals surface area contributed by atoms with Crippen molar-refractivity contribution in [2.75, 3.05) is 12.7 Å². The molecule has 0 aromatic rings. The zero-order chi connectivity index (χ0) is 15.0. The van der Waals surface area contributed by atoms with Gasteiger partial charge >= 0.3 is 12.1 Å². The van der Waals surface area contributed by atoms with E-state index >= 15 is 0 Å². The van der Waals surface area contributed by atoms with Crippen LogP contribution in [0, 0.1) is 5.92 Å². The van der Waals surface area contributed by atoms with Gasteiger partial charge in [-0.1, -0.05) is 13.8 Å². The van der Waals surface area contributed by atoms with E-state index in [2.05, 4.69) is 5.32 Å². The zero-order valence-electron chi connectivity index (χ0n) is 11.1. The summed E-state index contributed by atoms with van der Waals surface area (Å²) in [5, 5.41) is 11.5. The van der Waals surface area contributed by atoms with Crippen LogP contribution in [-0.4, -0.2) is 52.1 Å². The monoisotopic (exact) mass is 297 g/mol. The maximum atomic E-state index is 11.2. The summed E-state index contributed by atoms with van der Waals surface area (Å²) >= 11 is 0. The van der Waals surface area contributed by atoms with Crippen LogP contribution in [0.5, 0.6) is 0 Å². The van der Waals surface area contributed by atoms with Gasteiger partial charge in [-0.2, -0.15) is 0 Å². The smallest absolute Gasteiger partial charge is 0.410 e. The molecule has 1 amide bonds. The van der Waals surface area contributed by atoms with Crippen molar-refractivity contribution in [3.05, 3.63) is 0 Å². The normalized spacial score (nSPS) is 14.1. The van der Waals surface area contributed by atoms with Crippen molar-refractivity contribution in [1.29, 1.82) is 0 Å². The first-order valence-electron chi connectivity index (χ1n) is 5.70. The molecule has 1 unspecified atom stereocenters. The first-order valence-corrected chi connectivity index (χ1v) is 7.14. The van der Waals surface area contributed by atoms with Gasteiger partial charge in [0, 0.05) is 19.6 Å². The Morgan fingerprint density at radius 2 is 1.79 bits per heavy atom. The minimum absolute atomic E-state index is 0.191. The van der Waals surface area contributed by atoms with E-state index in [1.54, 1.807) is 13.8 Å². The Labute approximate surface area is 112 Å². The summed E-state index contributed by atoms with van der Waals surface area (Å²) in [6.07, 6.45) is -3.22. The van der Waals surface area contributed by atoms with E-state index in [1.807, 2.05) is 0 Å². The number of amides is 1. The number of esters is 1. The molecule has 0 spiro atoms. The lowest BCUT2D eigenvalue weighted by molar-refractivity contribution is -0.168. The van der Waals surface area contributed by atoms with Crippen molar-refractivity contribution in [3.63, 3.8) is 0 Å². The molecule has 0 aliphatic carbocycles. The van der Waals surface area contributed by atoms with Crippen molar-refractivity contribution in [2.24, 2.45) is 5.92 Å². The molecule has 112 valence electrons. The highest BCUT2D eigenvalue weighted by atomic mass is 31.2. The van der Waals surface area contributed by atoms with Crippen LogP contribution >= 0.6 is 8.38 Å². The van der Waals surface area contributed by atoms with Crippen LogP contribution in [0.25, 0.3) is 0 Å². The summed E-state index contributed by atoms with van der Waals surface area (Å²) in [4.78, 5) is 39.7. The molecule has 4 N–H and O–H groups in total. The molecule has 2 atom stereocenters. The van der Waals surface area contributed by atoms with E-state index in [4.69, 9.17) is 19.3 Å². The fourth-order valence-electron chi connectivity index (χ4n) is 0.970. The molecule has 0 aromatic carbocycles. The molecule has 0 radical (unpaired) electrons. The fraction of sp³-hybridized carbons (Fsp3) is 0.800. The molecular formula is C10H20NO7P. The molecule has 8 nitrogen and oxygen atoms in total. The average molecular weight is 297 g/mol. The van der Waals surface area contributed by atoms with Crippen LogP contribution in [-0.2, 0) is 14.3 Å². The maximum Gasteiger partial charge on any atom is 0.410 e. The Kier molecular flexibility index (Phi) is 8.58. The maximum absolute atomic E-state index is 11.2. The molecule has 0 fully saturated rings. The standard InChI is InChI=1S/C10H20NO7P/c1-6(2)9(13)17-7(3)18-10(14)11-4-8(12)5-19(15)16/h6-8,12,15-16H,4-5H2,1-3H3,(H,11,14)/t7?,8-/m1/s1. The lowest BCUT2D eigenvalue weighted by atomic mass is 10.2. The number of hydrogen-bond acceptors (Lipinski definition) is 7. The molecule has 0 heterocycles. The first kappa shape index (κ1) is 18.0. The minimum atomic E-state index is -2.22. The second-order valence-electron chi connectivity index (χ2n) is 4.15. The number of rotatable bonds is 7. The highest BCUT2D eigenvalue weighted by Gasteiger charge is 2.17. The summed E-state index contributed by atoms with van der Waals surface area (Å²) < 4.78 is 9.50. The van der Waals surface area contributed by atoms with Crippen LogP contribution in [0.15, 0.2) is 0 Å². The molecule has 0 rings (SSSR count). The Bertz CT molecular complexity index is 298. The number of hydrogen-bond donors (Lipinski definition) is 4. The summed E-state index contributed by atoms with van der Waals surface area (Å²) in [6, 6.07) is 0. The highest BCUT2D eigenvalue weighted by Crippen LogP contribution is 2.23. The first-order chi connectivity index (χ1) is 8.72. The van der Waals surface area contributed by atoms with Gasteiger partial charge in [-0.05, 0) is 0 Å². The molecule has 0 saturated carbocycles. The summed E-state index contributed by atoms with van der Waals surface area (Å²) in [7, 11) is -2.22. The number of carbonyl (C=O) groups is 2. The number of alkyl carbamates (subject to hydrolysis) is 1. The molecule has 19 heavy (non-hydrogen) atoms. The SMILES string of the molecule is CC(OC(=O)NC[C@@H](O)CP(O)O)OC(=O)C(C)C. The van der Waals surface area contributed by atoms with Crippen molar-refractivity contribution >= 4 is 20.4 Å². The summed E-state index contributed by atoms with van der Waals surface area (Å²) in [5.74, 6) is -0.823. The predicted molar refractivity (Wildman–Crippen MR) is 67.1 cm³/mol. The molecular weight excluding hydrogens is 277 g/mol. The third-order valence-electron chi connectivity index (χ3n) is 1.88. The Morgan fingerprint density at radius 3 is 2.26 bits per heavy atom. The van der Waals surface area contributed by atoms with Crippen LogP contribution in [0.1, 0.15) is 20.8 Å². The molecule has 0 saturated heterocycles. The van der Waals surface area contributed by atoms with Gasteiger partial charge in [0.25, 0.3) is 0 Å². The van der Waals surface area contributed by atoms with Gasteiger partial charge in [-0.3, -0.25) is 4.79 Å². The van der Waals surface area contributed by atoms with E-state index in [1.165, 1.54) is 6.92 Å². The molecule has 0 bridgehead atoms. The second kappa shape index (κ2) is 9.03. The lowest BCUT2D eigenvalue weighted by Crippen LogP contribution is -2.36. The van der Waals surface area contributed by atoms with Gasteiger partial charge in [0.2, 0.25) is 6.29 Å². The molecule has 0 aromatic heterocycles. The molecule has 0 aliphatic heterocycles. The quantitative estimate of drug-likeness (QED) is 0.294. The number of aliphatic hydroxyl groups is 1. The Morgan fingerprint density at radius 1 is 1.21 bits per heavy atom. The fourth-order valence-corrected chi connectivity index (χ4v) is 1.48. The van der Waals surface area contributed by atoms with Crippen LogP contribution < -0.4 is 5.32 Å². The van der Waals surface area contributed by atoms with E-state index in [9.17, 15) is 14.7 Å². The van der Waals surface area contributed by atoms with E-state index < -0.39 is 32.8 Å². The summed E-state index contributed by atoms with van der Waals surface area (Å²) in [5.41, 5.74) is 0. The van der Waals surface area contributed by atoms with Gasteiger partial charge in [0.05, 0.1) is 12.0 Å². The van der Waals surface area contributed by atoms with Gasteiger partial charge in [-0.15, -0.1) is 0 Å². The zero-order valence-corrected chi connectivity index (χ0v) is 12.0. The number of nitrogens with one attached hydrogen (secondary N) is 1. The number of ether oxygens (including phenoxy) is 2. The third kappa shape index (κ3) is 9.61. The van der Waals surface area contributed by atoms with Crippen LogP contribution in [0.2, 0.25) is 0 Å². The highest BCUT2D eigenvalue weighted by molar-refractivity contribution is 7.45. The minimum Gasteiger partial charge on any atom is -0.425 e. The lowest BCUT2D eigenvalue weighted by Gasteiger charge is -2.17. The van der Waals surface area contributed by atoms with Crippen LogP contribution in [0.4, 0.5) is 4.79 Å². The van der Waals surface area contributed by atoms with E-state index in [-0.39, 0.29) is 18.6 Å². The van der Waals surface area contributed by atoms with Crippen molar-refractivity contribution < 1.29 is 34.0 Å². The third-order valence-corrected chi connectivity index (χ3v) is 2.63. The van der Waals surface area contributed by atoms with Crippen molar-refractivity contribution in [1.82, 2.24) is 5.32 Å². The number of aliphatic hydroxyl groups excluding tert-OH is 1. The van der Waals surface area contributed by atoms with E-state index in [0.29, 0.717) is 0 Å². The van der Waals surface area contributed by atoms with Gasteiger partial charge in [-0.25, -0.2) is 4.79 Å².